The number of carbonyl (C=O) groups is 1. The van der Waals surface area contributed by atoms with Crippen molar-refractivity contribution in [2.24, 2.45) is 0 Å². The third-order valence-electron chi connectivity index (χ3n) is 4.66. The van der Waals surface area contributed by atoms with Crippen LogP contribution in [-0.2, 0) is 6.54 Å². The number of hydrogen-bond donors (Lipinski definition) is 2. The maximum atomic E-state index is 12.4. The van der Waals surface area contributed by atoms with Gasteiger partial charge in [0.05, 0.1) is 0 Å². The zero-order valence-electron chi connectivity index (χ0n) is 15.2. The highest BCUT2D eigenvalue weighted by molar-refractivity contribution is 5.93. The molecular formula is C20H22N4O3. The topological polar surface area (TPSA) is 93.0 Å². The van der Waals surface area contributed by atoms with Gasteiger partial charge in [0.1, 0.15) is 17.6 Å². The van der Waals surface area contributed by atoms with Crippen molar-refractivity contribution < 1.29 is 13.9 Å². The minimum atomic E-state index is -0.254. The van der Waals surface area contributed by atoms with Crippen LogP contribution in [-0.4, -0.2) is 27.2 Å². The summed E-state index contributed by atoms with van der Waals surface area (Å²) in [6.45, 7) is 2.25. The van der Waals surface area contributed by atoms with Crippen molar-refractivity contribution in [3.05, 3.63) is 53.5 Å². The summed E-state index contributed by atoms with van der Waals surface area (Å²) in [4.78, 5) is 16.6. The van der Waals surface area contributed by atoms with Crippen LogP contribution in [0.25, 0.3) is 11.5 Å². The number of rotatable bonds is 6. The molecule has 0 atom stereocenters. The minimum Gasteiger partial charge on any atom is -0.474 e. The molecule has 7 nitrogen and oxygen atoms in total. The molecule has 0 radical (unpaired) electrons. The number of carbonyl (C=O) groups excluding carboxylic acids is 1. The number of ether oxygens (including phenoxy) is 1. The monoisotopic (exact) mass is 366 g/mol. The molecule has 0 unspecified atom stereocenters. The van der Waals surface area contributed by atoms with Crippen LogP contribution >= 0.6 is 0 Å². The lowest BCUT2D eigenvalue weighted by Gasteiger charge is -2.12. The largest absolute Gasteiger partial charge is 0.474 e. The molecule has 1 saturated carbocycles. The Labute approximate surface area is 157 Å². The van der Waals surface area contributed by atoms with Crippen molar-refractivity contribution in [2.45, 2.75) is 45.3 Å². The number of hydrogen-bond acceptors (Lipinski definition) is 5. The molecule has 0 bridgehead atoms. The Hall–Kier alpha value is -3.09. The van der Waals surface area contributed by atoms with E-state index in [1.165, 1.54) is 12.8 Å². The summed E-state index contributed by atoms with van der Waals surface area (Å²) in [5, 5.41) is 9.77. The highest BCUT2D eigenvalue weighted by Crippen LogP contribution is 2.23. The Bertz CT molecular complexity index is 925. The van der Waals surface area contributed by atoms with Gasteiger partial charge in [-0.15, -0.1) is 0 Å². The van der Waals surface area contributed by atoms with Crippen LogP contribution in [0.5, 0.6) is 5.88 Å². The molecule has 27 heavy (non-hydrogen) atoms. The van der Waals surface area contributed by atoms with Crippen LogP contribution in [0.4, 0.5) is 0 Å². The second kappa shape index (κ2) is 7.65. The number of nitrogens with zero attached hydrogens (tertiary/aromatic N) is 2. The quantitative estimate of drug-likeness (QED) is 0.695. The Morgan fingerprint density at radius 1 is 1.30 bits per heavy atom. The molecule has 3 heterocycles. The van der Waals surface area contributed by atoms with Crippen LogP contribution in [0.3, 0.4) is 0 Å². The van der Waals surface area contributed by atoms with Crippen LogP contribution in [0.1, 0.15) is 47.5 Å². The number of aromatic amines is 1. The van der Waals surface area contributed by atoms with E-state index >= 15 is 0 Å². The lowest BCUT2D eigenvalue weighted by atomic mass is 10.2. The molecule has 0 spiro atoms. The second-order valence-electron chi connectivity index (χ2n) is 6.79. The highest BCUT2D eigenvalue weighted by Gasteiger charge is 2.17. The zero-order chi connectivity index (χ0) is 18.6. The van der Waals surface area contributed by atoms with Gasteiger partial charge in [-0.1, -0.05) is 0 Å². The Morgan fingerprint density at radius 3 is 2.93 bits per heavy atom. The lowest BCUT2D eigenvalue weighted by molar-refractivity contribution is 0.0945. The summed E-state index contributed by atoms with van der Waals surface area (Å²) in [6.07, 6.45) is 6.55. The zero-order valence-corrected chi connectivity index (χ0v) is 15.2. The molecule has 0 aliphatic heterocycles. The molecule has 1 aliphatic rings. The third-order valence-corrected chi connectivity index (χ3v) is 4.66. The summed E-state index contributed by atoms with van der Waals surface area (Å²) in [5.74, 6) is 1.82. The number of H-pyrrole nitrogens is 1. The normalized spacial score (nSPS) is 14.4. The summed E-state index contributed by atoms with van der Waals surface area (Å²) in [7, 11) is 0. The van der Waals surface area contributed by atoms with Gasteiger partial charge in [-0.3, -0.25) is 9.89 Å². The van der Waals surface area contributed by atoms with E-state index < -0.39 is 0 Å². The SMILES string of the molecule is Cc1ccc(-c2cc(C(=O)NCc3ccnc(OC4CCCC4)c3)n[nH]2)o1. The van der Waals surface area contributed by atoms with Crippen molar-refractivity contribution in [3.63, 3.8) is 0 Å². The van der Waals surface area contributed by atoms with Gasteiger partial charge in [-0.05, 0) is 56.4 Å². The standard InChI is InChI=1S/C20H22N4O3/c1-13-6-7-18(26-13)16-11-17(24-23-16)20(25)22-12-14-8-9-21-19(10-14)27-15-4-2-3-5-15/h6-11,15H,2-5,12H2,1H3,(H,22,25)(H,23,24). The molecule has 0 saturated heterocycles. The van der Waals surface area contributed by atoms with Crippen LogP contribution in [0, 0.1) is 6.92 Å². The minimum absolute atomic E-state index is 0.254. The van der Waals surface area contributed by atoms with Gasteiger partial charge in [-0.2, -0.15) is 5.10 Å². The van der Waals surface area contributed by atoms with Gasteiger partial charge in [0, 0.05) is 24.9 Å². The smallest absolute Gasteiger partial charge is 0.272 e. The van der Waals surface area contributed by atoms with Crippen molar-refractivity contribution in [3.8, 4) is 17.3 Å². The highest BCUT2D eigenvalue weighted by atomic mass is 16.5. The Kier molecular flexibility index (Phi) is 4.91. The average molecular weight is 366 g/mol. The van der Waals surface area contributed by atoms with Crippen LogP contribution in [0.15, 0.2) is 40.9 Å². The fraction of sp³-hybridized carbons (Fsp3) is 0.350. The van der Waals surface area contributed by atoms with E-state index in [1.807, 2.05) is 31.2 Å². The van der Waals surface area contributed by atoms with Gasteiger partial charge in [0.25, 0.3) is 5.91 Å². The number of pyridine rings is 1. The molecule has 4 rings (SSSR count). The van der Waals surface area contributed by atoms with Gasteiger partial charge in [-0.25, -0.2) is 4.98 Å². The maximum Gasteiger partial charge on any atom is 0.272 e. The van der Waals surface area contributed by atoms with Crippen molar-refractivity contribution in [1.82, 2.24) is 20.5 Å². The van der Waals surface area contributed by atoms with E-state index in [9.17, 15) is 4.79 Å². The van der Waals surface area contributed by atoms with Crippen LogP contribution in [0.2, 0.25) is 0 Å². The van der Waals surface area contributed by atoms with Crippen molar-refractivity contribution in [2.75, 3.05) is 0 Å². The average Bonchev–Trinajstić information content (AvgIpc) is 3.41. The van der Waals surface area contributed by atoms with E-state index in [1.54, 1.807) is 12.3 Å². The molecule has 2 N–H and O–H groups in total. The van der Waals surface area contributed by atoms with E-state index in [2.05, 4.69) is 20.5 Å². The molecule has 1 aliphatic carbocycles. The summed E-state index contributed by atoms with van der Waals surface area (Å²) in [5.41, 5.74) is 1.92. The van der Waals surface area contributed by atoms with E-state index in [-0.39, 0.29) is 12.0 Å². The molecule has 3 aromatic heterocycles. The lowest BCUT2D eigenvalue weighted by Crippen LogP contribution is -2.23. The number of aryl methyl sites for hydroxylation is 1. The molecule has 1 amide bonds. The molecule has 7 heteroatoms. The Morgan fingerprint density at radius 2 is 2.15 bits per heavy atom. The second-order valence-corrected chi connectivity index (χ2v) is 6.79. The van der Waals surface area contributed by atoms with Gasteiger partial charge in [0.2, 0.25) is 5.88 Å². The first-order valence-electron chi connectivity index (χ1n) is 9.19. The number of nitrogens with one attached hydrogen (secondary N) is 2. The first-order valence-corrected chi connectivity index (χ1v) is 9.19. The van der Waals surface area contributed by atoms with Gasteiger partial charge in [0.15, 0.2) is 11.5 Å². The van der Waals surface area contributed by atoms with Crippen molar-refractivity contribution >= 4 is 5.91 Å². The predicted octanol–water partition coefficient (Wildman–Crippen LogP) is 3.62. The summed E-state index contributed by atoms with van der Waals surface area (Å²) >= 11 is 0. The number of aromatic nitrogens is 3. The number of furan rings is 1. The van der Waals surface area contributed by atoms with E-state index in [0.717, 1.165) is 24.2 Å². The summed E-state index contributed by atoms with van der Waals surface area (Å²) < 4.78 is 11.4. The summed E-state index contributed by atoms with van der Waals surface area (Å²) in [6, 6.07) is 9.12. The fourth-order valence-corrected chi connectivity index (χ4v) is 3.22. The molecule has 1 fully saturated rings. The number of amides is 1. The van der Waals surface area contributed by atoms with Gasteiger partial charge >= 0.3 is 0 Å². The molecule has 0 aromatic carbocycles. The molecular weight excluding hydrogens is 344 g/mol. The van der Waals surface area contributed by atoms with E-state index in [4.69, 9.17) is 9.15 Å². The third kappa shape index (κ3) is 4.19. The molecule has 140 valence electrons. The van der Waals surface area contributed by atoms with E-state index in [0.29, 0.717) is 29.6 Å². The van der Waals surface area contributed by atoms with Crippen molar-refractivity contribution in [1.29, 1.82) is 0 Å². The maximum absolute atomic E-state index is 12.4. The first kappa shape index (κ1) is 17.3. The first-order chi connectivity index (χ1) is 13.2. The fourth-order valence-electron chi connectivity index (χ4n) is 3.22. The molecule has 3 aromatic rings. The predicted molar refractivity (Wildman–Crippen MR) is 99.3 cm³/mol. The van der Waals surface area contributed by atoms with Crippen LogP contribution < -0.4 is 10.1 Å². The van der Waals surface area contributed by atoms with Gasteiger partial charge < -0.3 is 14.5 Å². The Balaban J connectivity index is 1.36.